The third-order valence-corrected chi connectivity index (χ3v) is 3.54. The highest BCUT2D eigenvalue weighted by atomic mass is 79.9. The lowest BCUT2D eigenvalue weighted by Crippen LogP contribution is -2.35. The van der Waals surface area contributed by atoms with Crippen LogP contribution in [0, 0.1) is 6.92 Å². The summed E-state index contributed by atoms with van der Waals surface area (Å²) in [7, 11) is 0. The van der Waals surface area contributed by atoms with Gasteiger partial charge in [0.15, 0.2) is 0 Å². The van der Waals surface area contributed by atoms with Gasteiger partial charge in [0.1, 0.15) is 5.75 Å². The van der Waals surface area contributed by atoms with E-state index in [1.807, 2.05) is 43.5 Å². The van der Waals surface area contributed by atoms with Crippen molar-refractivity contribution in [3.8, 4) is 11.6 Å². The Morgan fingerprint density at radius 2 is 1.95 bits per heavy atom. The monoisotopic (exact) mass is 348 g/mol. The summed E-state index contributed by atoms with van der Waals surface area (Å²) in [5.74, 6) is 1.37. The quantitative estimate of drug-likeness (QED) is 0.858. The Balaban J connectivity index is 2.02. The summed E-state index contributed by atoms with van der Waals surface area (Å²) < 4.78 is 6.72. The van der Waals surface area contributed by atoms with Crippen molar-refractivity contribution in [2.24, 2.45) is 0 Å². The smallest absolute Gasteiger partial charge is 0.219 e. The van der Waals surface area contributed by atoms with Gasteiger partial charge in [-0.3, -0.25) is 0 Å². The van der Waals surface area contributed by atoms with Crippen LogP contribution < -0.4 is 10.1 Å². The van der Waals surface area contributed by atoms with E-state index >= 15 is 0 Å². The van der Waals surface area contributed by atoms with E-state index in [1.54, 1.807) is 0 Å². The molecule has 0 atom stereocenters. The highest BCUT2D eigenvalue weighted by Gasteiger charge is 2.09. The van der Waals surface area contributed by atoms with E-state index in [0.29, 0.717) is 5.88 Å². The number of ether oxygens (including phenoxy) is 1. The van der Waals surface area contributed by atoms with Gasteiger partial charge in [-0.2, -0.15) is 0 Å². The molecule has 2 aromatic rings. The van der Waals surface area contributed by atoms with Crippen molar-refractivity contribution < 1.29 is 4.74 Å². The molecule has 0 unspecified atom stereocenters. The first kappa shape index (κ1) is 16.0. The van der Waals surface area contributed by atoms with Gasteiger partial charge in [0.25, 0.3) is 0 Å². The fraction of sp³-hybridized carbons (Fsp3) is 0.353. The molecule has 0 aliphatic heterocycles. The maximum Gasteiger partial charge on any atom is 0.219 e. The Hall–Kier alpha value is -1.39. The van der Waals surface area contributed by atoms with Crippen LogP contribution in [0.3, 0.4) is 0 Å². The van der Waals surface area contributed by atoms with E-state index in [9.17, 15) is 0 Å². The molecule has 2 rings (SSSR count). The largest absolute Gasteiger partial charge is 0.438 e. The van der Waals surface area contributed by atoms with Gasteiger partial charge in [0, 0.05) is 24.3 Å². The minimum atomic E-state index is 0.0991. The van der Waals surface area contributed by atoms with E-state index in [-0.39, 0.29) is 5.54 Å². The number of aryl methyl sites for hydroxylation is 1. The lowest BCUT2D eigenvalue weighted by atomic mass is 10.1. The highest BCUT2D eigenvalue weighted by Crippen LogP contribution is 2.29. The summed E-state index contributed by atoms with van der Waals surface area (Å²) in [4.78, 5) is 4.36. The Labute approximate surface area is 134 Å². The van der Waals surface area contributed by atoms with Crippen molar-refractivity contribution >= 4 is 15.9 Å². The van der Waals surface area contributed by atoms with Crippen molar-refractivity contribution in [1.29, 1.82) is 0 Å². The topological polar surface area (TPSA) is 34.1 Å². The number of aromatic nitrogens is 1. The first-order valence-electron chi connectivity index (χ1n) is 6.97. The maximum absolute atomic E-state index is 5.79. The van der Waals surface area contributed by atoms with Crippen LogP contribution in [0.5, 0.6) is 11.6 Å². The van der Waals surface area contributed by atoms with Crippen molar-refractivity contribution in [3.63, 3.8) is 0 Å². The predicted octanol–water partition coefficient (Wildman–Crippen LogP) is 4.83. The minimum absolute atomic E-state index is 0.0991. The average Bonchev–Trinajstić information content (AvgIpc) is 2.40. The molecule has 0 amide bonds. The molecular formula is C17H21BrN2O. The molecule has 1 aromatic carbocycles. The van der Waals surface area contributed by atoms with Gasteiger partial charge in [-0.05, 0) is 66.9 Å². The maximum atomic E-state index is 5.79. The molecule has 0 bridgehead atoms. The Kier molecular flexibility index (Phi) is 5.01. The van der Waals surface area contributed by atoms with Crippen molar-refractivity contribution in [2.75, 3.05) is 0 Å². The van der Waals surface area contributed by atoms with Gasteiger partial charge >= 0.3 is 0 Å². The number of rotatable bonds is 4. The molecule has 0 saturated heterocycles. The van der Waals surface area contributed by atoms with E-state index in [2.05, 4.69) is 47.0 Å². The summed E-state index contributed by atoms with van der Waals surface area (Å²) in [5.41, 5.74) is 2.42. The molecule has 1 aromatic heterocycles. The van der Waals surface area contributed by atoms with Crippen LogP contribution in [0.2, 0.25) is 0 Å². The zero-order chi connectivity index (χ0) is 15.5. The summed E-state index contributed by atoms with van der Waals surface area (Å²) in [6.45, 7) is 9.28. The van der Waals surface area contributed by atoms with E-state index in [0.717, 1.165) is 22.3 Å². The fourth-order valence-electron chi connectivity index (χ4n) is 1.74. The molecule has 21 heavy (non-hydrogen) atoms. The van der Waals surface area contributed by atoms with Gasteiger partial charge in [0.2, 0.25) is 5.88 Å². The van der Waals surface area contributed by atoms with Gasteiger partial charge in [-0.15, -0.1) is 0 Å². The molecule has 1 heterocycles. The molecule has 0 aliphatic rings. The van der Waals surface area contributed by atoms with Gasteiger partial charge in [0.05, 0.1) is 4.47 Å². The van der Waals surface area contributed by atoms with Crippen LogP contribution in [-0.4, -0.2) is 10.5 Å². The van der Waals surface area contributed by atoms with Crippen LogP contribution in [0.15, 0.2) is 41.0 Å². The second-order valence-corrected chi connectivity index (χ2v) is 7.00. The molecule has 112 valence electrons. The number of benzene rings is 1. The summed E-state index contributed by atoms with van der Waals surface area (Å²) in [6.07, 6.45) is 1.84. The molecule has 0 saturated carbocycles. The summed E-state index contributed by atoms with van der Waals surface area (Å²) in [5, 5.41) is 3.43. The van der Waals surface area contributed by atoms with Crippen LogP contribution >= 0.6 is 15.9 Å². The SMILES string of the molecule is Cc1ccc(Oc2ccc(CNC(C)(C)C)cn2)c(Br)c1. The number of nitrogens with one attached hydrogen (secondary N) is 1. The molecule has 1 N–H and O–H groups in total. The highest BCUT2D eigenvalue weighted by molar-refractivity contribution is 9.10. The molecule has 0 aliphatic carbocycles. The molecule has 4 heteroatoms. The van der Waals surface area contributed by atoms with Crippen LogP contribution in [0.4, 0.5) is 0 Å². The molecule has 0 fully saturated rings. The standard InChI is InChI=1S/C17H21BrN2O/c1-12-5-7-15(14(18)9-12)21-16-8-6-13(10-19-16)11-20-17(2,3)4/h5-10,20H,11H2,1-4H3. The number of pyridine rings is 1. The number of hydrogen-bond donors (Lipinski definition) is 1. The summed E-state index contributed by atoms with van der Waals surface area (Å²) in [6, 6.07) is 9.91. The number of halogens is 1. The zero-order valence-corrected chi connectivity index (χ0v) is 14.5. The molecular weight excluding hydrogens is 328 g/mol. The first-order chi connectivity index (χ1) is 9.83. The minimum Gasteiger partial charge on any atom is -0.438 e. The Morgan fingerprint density at radius 3 is 2.52 bits per heavy atom. The third kappa shape index (κ3) is 5.14. The fourth-order valence-corrected chi connectivity index (χ4v) is 2.32. The number of hydrogen-bond acceptors (Lipinski definition) is 3. The predicted molar refractivity (Wildman–Crippen MR) is 89.8 cm³/mol. The van der Waals surface area contributed by atoms with Crippen LogP contribution in [0.25, 0.3) is 0 Å². The van der Waals surface area contributed by atoms with E-state index < -0.39 is 0 Å². The second kappa shape index (κ2) is 6.58. The lowest BCUT2D eigenvalue weighted by molar-refractivity contribution is 0.423. The second-order valence-electron chi connectivity index (χ2n) is 6.14. The lowest BCUT2D eigenvalue weighted by Gasteiger charge is -2.20. The Morgan fingerprint density at radius 1 is 1.19 bits per heavy atom. The van der Waals surface area contributed by atoms with E-state index in [1.165, 1.54) is 5.56 Å². The Bertz CT molecular complexity index is 603. The molecule has 0 radical (unpaired) electrons. The normalized spacial score (nSPS) is 11.5. The first-order valence-corrected chi connectivity index (χ1v) is 7.77. The summed E-state index contributed by atoms with van der Waals surface area (Å²) >= 11 is 3.50. The van der Waals surface area contributed by atoms with Crippen LogP contribution in [-0.2, 0) is 6.54 Å². The average molecular weight is 349 g/mol. The van der Waals surface area contributed by atoms with Gasteiger partial charge < -0.3 is 10.1 Å². The van der Waals surface area contributed by atoms with E-state index in [4.69, 9.17) is 4.74 Å². The van der Waals surface area contributed by atoms with Crippen molar-refractivity contribution in [1.82, 2.24) is 10.3 Å². The third-order valence-electron chi connectivity index (χ3n) is 2.92. The van der Waals surface area contributed by atoms with Crippen molar-refractivity contribution in [3.05, 3.63) is 52.1 Å². The zero-order valence-electron chi connectivity index (χ0n) is 12.9. The molecule has 3 nitrogen and oxygen atoms in total. The molecule has 0 spiro atoms. The van der Waals surface area contributed by atoms with Crippen LogP contribution in [0.1, 0.15) is 31.9 Å². The number of nitrogens with zero attached hydrogens (tertiary/aromatic N) is 1. The van der Waals surface area contributed by atoms with Gasteiger partial charge in [-0.1, -0.05) is 12.1 Å². The van der Waals surface area contributed by atoms with Gasteiger partial charge in [-0.25, -0.2) is 4.98 Å². The van der Waals surface area contributed by atoms with Crippen molar-refractivity contribution in [2.45, 2.75) is 39.8 Å².